The topological polar surface area (TPSA) is 111 Å². The van der Waals surface area contributed by atoms with Crippen LogP contribution in [0.15, 0.2) is 47.0 Å². The average molecular weight is 392 g/mol. The van der Waals surface area contributed by atoms with Gasteiger partial charge < -0.3 is 20.1 Å². The second-order valence-electron chi connectivity index (χ2n) is 5.77. The highest BCUT2D eigenvalue weighted by atomic mass is 35.5. The van der Waals surface area contributed by atoms with E-state index in [1.54, 1.807) is 30.3 Å². The van der Waals surface area contributed by atoms with Crippen molar-refractivity contribution in [3.8, 4) is 22.9 Å². The molecule has 1 heterocycles. The Hall–Kier alpha value is -2.97. The third-order valence-electron chi connectivity index (χ3n) is 3.57. The first-order valence-corrected chi connectivity index (χ1v) is 8.32. The summed E-state index contributed by atoms with van der Waals surface area (Å²) in [6.45, 7) is 0. The number of halogens is 2. The Morgan fingerprint density at radius 3 is 2.70 bits per heavy atom. The molecule has 0 aliphatic rings. The molecular formula is C18H15ClFN3O4. The van der Waals surface area contributed by atoms with E-state index in [1.807, 2.05) is 0 Å². The summed E-state index contributed by atoms with van der Waals surface area (Å²) in [5.41, 5.74) is 6.07. The molecule has 3 rings (SSSR count). The van der Waals surface area contributed by atoms with Gasteiger partial charge in [0.1, 0.15) is 5.75 Å². The second-order valence-corrected chi connectivity index (χ2v) is 6.21. The van der Waals surface area contributed by atoms with Gasteiger partial charge in [-0.2, -0.15) is 4.98 Å². The standard InChI is InChI=1S/C18H15ClFN3O4/c19-11-2-4-13(5-3-11)26-15-6-1-10(7-14(15)20)18-22-16(27-23-18)8-12(21)9-17(24)25/h1-7,12H,8-9,21H2,(H,24,25). The molecule has 0 saturated carbocycles. The number of nitrogens with two attached hydrogens (primary N) is 1. The van der Waals surface area contributed by atoms with Gasteiger partial charge >= 0.3 is 5.97 Å². The Labute approximate surface area is 158 Å². The summed E-state index contributed by atoms with van der Waals surface area (Å²) in [6.07, 6.45) is -0.109. The molecular weight excluding hydrogens is 377 g/mol. The minimum Gasteiger partial charge on any atom is -0.481 e. The van der Waals surface area contributed by atoms with Crippen molar-refractivity contribution in [2.75, 3.05) is 0 Å². The summed E-state index contributed by atoms with van der Waals surface area (Å²) in [5.74, 6) is -0.782. The van der Waals surface area contributed by atoms with Crippen molar-refractivity contribution < 1.29 is 23.6 Å². The zero-order chi connectivity index (χ0) is 19.4. The van der Waals surface area contributed by atoms with Crippen LogP contribution in [0.3, 0.4) is 0 Å². The van der Waals surface area contributed by atoms with Crippen molar-refractivity contribution in [2.24, 2.45) is 5.73 Å². The van der Waals surface area contributed by atoms with Gasteiger partial charge in [-0.3, -0.25) is 4.79 Å². The van der Waals surface area contributed by atoms with Crippen LogP contribution in [0, 0.1) is 5.82 Å². The highest BCUT2D eigenvalue weighted by molar-refractivity contribution is 6.30. The fourth-order valence-corrected chi connectivity index (χ4v) is 2.45. The first kappa shape index (κ1) is 18.8. The van der Waals surface area contributed by atoms with Crippen LogP contribution < -0.4 is 10.5 Å². The Morgan fingerprint density at radius 1 is 1.30 bits per heavy atom. The third-order valence-corrected chi connectivity index (χ3v) is 3.83. The van der Waals surface area contributed by atoms with E-state index in [-0.39, 0.29) is 30.3 Å². The SMILES string of the molecule is NC(CC(=O)O)Cc1nc(-c2ccc(Oc3ccc(Cl)cc3)c(F)c2)no1. The molecule has 0 aliphatic carbocycles. The van der Waals surface area contributed by atoms with Crippen LogP contribution in [0.25, 0.3) is 11.4 Å². The molecule has 0 aliphatic heterocycles. The van der Waals surface area contributed by atoms with Crippen LogP contribution in [0.5, 0.6) is 11.5 Å². The predicted octanol–water partition coefficient (Wildman–Crippen LogP) is 3.67. The van der Waals surface area contributed by atoms with Gasteiger partial charge in [-0.25, -0.2) is 4.39 Å². The van der Waals surface area contributed by atoms with Gasteiger partial charge in [0.15, 0.2) is 11.6 Å². The highest BCUT2D eigenvalue weighted by Gasteiger charge is 2.16. The summed E-state index contributed by atoms with van der Waals surface area (Å²) < 4.78 is 24.9. The molecule has 7 nitrogen and oxygen atoms in total. The maximum absolute atomic E-state index is 14.3. The molecule has 1 atom stereocenters. The number of nitrogens with zero attached hydrogens (tertiary/aromatic N) is 2. The van der Waals surface area contributed by atoms with Gasteiger partial charge in [0, 0.05) is 23.0 Å². The lowest BCUT2D eigenvalue weighted by atomic mass is 10.1. The maximum Gasteiger partial charge on any atom is 0.304 e. The molecule has 0 spiro atoms. The first-order valence-electron chi connectivity index (χ1n) is 7.94. The fourth-order valence-electron chi connectivity index (χ4n) is 2.33. The van der Waals surface area contributed by atoms with Gasteiger partial charge in [0.2, 0.25) is 11.7 Å². The molecule has 2 aromatic carbocycles. The summed E-state index contributed by atoms with van der Waals surface area (Å²) in [6, 6.07) is 10.1. The zero-order valence-electron chi connectivity index (χ0n) is 13.9. The van der Waals surface area contributed by atoms with Crippen molar-refractivity contribution in [1.29, 1.82) is 0 Å². The Balaban J connectivity index is 1.72. The van der Waals surface area contributed by atoms with E-state index in [9.17, 15) is 9.18 Å². The molecule has 0 amide bonds. The number of carboxylic acid groups (broad SMARTS) is 1. The third kappa shape index (κ3) is 5.02. The highest BCUT2D eigenvalue weighted by Crippen LogP contribution is 2.28. The fraction of sp³-hybridized carbons (Fsp3) is 0.167. The summed E-state index contributed by atoms with van der Waals surface area (Å²) >= 11 is 5.80. The van der Waals surface area contributed by atoms with E-state index < -0.39 is 17.8 Å². The van der Waals surface area contributed by atoms with Crippen molar-refractivity contribution in [2.45, 2.75) is 18.9 Å². The monoisotopic (exact) mass is 391 g/mol. The number of carbonyl (C=O) groups is 1. The Kier molecular flexibility index (Phi) is 5.68. The summed E-state index contributed by atoms with van der Waals surface area (Å²) in [4.78, 5) is 14.8. The Bertz CT molecular complexity index is 946. The van der Waals surface area contributed by atoms with E-state index >= 15 is 0 Å². The van der Waals surface area contributed by atoms with Gasteiger partial charge in [0.25, 0.3) is 0 Å². The van der Waals surface area contributed by atoms with E-state index in [1.165, 1.54) is 12.1 Å². The van der Waals surface area contributed by atoms with Crippen LogP contribution in [-0.2, 0) is 11.2 Å². The lowest BCUT2D eigenvalue weighted by Gasteiger charge is -2.07. The summed E-state index contributed by atoms with van der Waals surface area (Å²) in [7, 11) is 0. The molecule has 0 bridgehead atoms. The normalized spacial score (nSPS) is 12.0. The van der Waals surface area contributed by atoms with E-state index in [0.717, 1.165) is 0 Å². The average Bonchev–Trinajstić information content (AvgIpc) is 3.06. The van der Waals surface area contributed by atoms with Crippen LogP contribution in [0.2, 0.25) is 5.02 Å². The minimum absolute atomic E-state index is 0.0354. The lowest BCUT2D eigenvalue weighted by Crippen LogP contribution is -2.26. The van der Waals surface area contributed by atoms with Crippen molar-refractivity contribution in [1.82, 2.24) is 10.1 Å². The summed E-state index contributed by atoms with van der Waals surface area (Å²) in [5, 5.41) is 13.0. The van der Waals surface area contributed by atoms with Crippen LogP contribution >= 0.6 is 11.6 Å². The van der Waals surface area contributed by atoms with Gasteiger partial charge in [0.05, 0.1) is 6.42 Å². The first-order chi connectivity index (χ1) is 12.9. The minimum atomic E-state index is -1.01. The van der Waals surface area contributed by atoms with Gasteiger partial charge in [-0.05, 0) is 42.5 Å². The molecule has 9 heteroatoms. The number of hydrogen-bond donors (Lipinski definition) is 2. The molecule has 0 fully saturated rings. The molecule has 0 radical (unpaired) electrons. The molecule has 3 N–H and O–H groups in total. The van der Waals surface area contributed by atoms with E-state index in [0.29, 0.717) is 16.3 Å². The largest absolute Gasteiger partial charge is 0.481 e. The second kappa shape index (κ2) is 8.15. The molecule has 1 aromatic heterocycles. The molecule has 0 saturated heterocycles. The van der Waals surface area contributed by atoms with Gasteiger partial charge in [-0.15, -0.1) is 0 Å². The number of benzene rings is 2. The maximum atomic E-state index is 14.3. The quantitative estimate of drug-likeness (QED) is 0.632. The van der Waals surface area contributed by atoms with Gasteiger partial charge in [-0.1, -0.05) is 16.8 Å². The number of aromatic nitrogens is 2. The zero-order valence-corrected chi connectivity index (χ0v) is 14.7. The number of ether oxygens (including phenoxy) is 1. The number of rotatable bonds is 7. The predicted molar refractivity (Wildman–Crippen MR) is 95.2 cm³/mol. The Morgan fingerprint density at radius 2 is 2.04 bits per heavy atom. The lowest BCUT2D eigenvalue weighted by molar-refractivity contribution is -0.137. The number of hydrogen-bond acceptors (Lipinski definition) is 6. The molecule has 1 unspecified atom stereocenters. The van der Waals surface area contributed by atoms with Crippen LogP contribution in [0.1, 0.15) is 12.3 Å². The number of aliphatic carboxylic acids is 1. The van der Waals surface area contributed by atoms with Crippen molar-refractivity contribution in [3.63, 3.8) is 0 Å². The van der Waals surface area contributed by atoms with E-state index in [4.69, 9.17) is 31.7 Å². The van der Waals surface area contributed by atoms with Crippen LogP contribution in [-0.4, -0.2) is 27.3 Å². The van der Waals surface area contributed by atoms with E-state index in [2.05, 4.69) is 10.1 Å². The smallest absolute Gasteiger partial charge is 0.304 e. The molecule has 27 heavy (non-hydrogen) atoms. The van der Waals surface area contributed by atoms with Crippen molar-refractivity contribution >= 4 is 17.6 Å². The molecule has 140 valence electrons. The molecule has 3 aromatic rings. The number of carboxylic acids is 1. The van der Waals surface area contributed by atoms with Crippen LogP contribution in [0.4, 0.5) is 4.39 Å². The van der Waals surface area contributed by atoms with Crippen molar-refractivity contribution in [3.05, 3.63) is 59.2 Å².